The van der Waals surface area contributed by atoms with Crippen LogP contribution in [0.4, 0.5) is 11.4 Å². The molecule has 2 aromatic rings. The fourth-order valence-corrected chi connectivity index (χ4v) is 2.14. The van der Waals surface area contributed by atoms with Gasteiger partial charge in [-0.3, -0.25) is 0 Å². The maximum Gasteiger partial charge on any atom is 0.0637 e. The van der Waals surface area contributed by atoms with Crippen LogP contribution in [-0.2, 0) is 0 Å². The Bertz CT molecular complexity index is 529. The Morgan fingerprint density at radius 3 is 2.42 bits per heavy atom. The first-order valence-electron chi connectivity index (χ1n) is 6.23. The molecule has 0 aromatic heterocycles. The minimum Gasteiger partial charge on any atom is -0.385 e. The van der Waals surface area contributed by atoms with Gasteiger partial charge in [0.25, 0.3) is 0 Å². The highest BCUT2D eigenvalue weighted by Gasteiger charge is 1.97. The van der Waals surface area contributed by atoms with E-state index in [-0.39, 0.29) is 0 Å². The second kappa shape index (κ2) is 7.27. The molecule has 0 saturated carbocycles. The smallest absolute Gasteiger partial charge is 0.0637 e. The SMILES string of the molecule is Clc1cccc(NCCCNc2ccccc2Cl)c1. The minimum atomic E-state index is 0.749. The second-order valence-electron chi connectivity index (χ2n) is 4.20. The number of benzene rings is 2. The van der Waals surface area contributed by atoms with E-state index in [4.69, 9.17) is 23.2 Å². The van der Waals surface area contributed by atoms with Crippen molar-refractivity contribution in [1.82, 2.24) is 0 Å². The van der Waals surface area contributed by atoms with E-state index < -0.39 is 0 Å². The molecule has 0 amide bonds. The van der Waals surface area contributed by atoms with Crippen molar-refractivity contribution >= 4 is 34.6 Å². The number of halogens is 2. The Balaban J connectivity index is 1.69. The first kappa shape index (κ1) is 14.0. The van der Waals surface area contributed by atoms with Gasteiger partial charge in [-0.05, 0) is 36.8 Å². The summed E-state index contributed by atoms with van der Waals surface area (Å²) in [4.78, 5) is 0. The molecule has 2 rings (SSSR count). The van der Waals surface area contributed by atoms with Crippen molar-refractivity contribution in [1.29, 1.82) is 0 Å². The Hall–Kier alpha value is -1.38. The van der Waals surface area contributed by atoms with Crippen molar-refractivity contribution < 1.29 is 0 Å². The molecule has 2 nitrogen and oxygen atoms in total. The molecule has 4 heteroatoms. The molecule has 0 saturated heterocycles. The predicted molar refractivity (Wildman–Crippen MR) is 84.5 cm³/mol. The third-order valence-electron chi connectivity index (χ3n) is 2.70. The largest absolute Gasteiger partial charge is 0.385 e. The van der Waals surface area contributed by atoms with E-state index >= 15 is 0 Å². The van der Waals surface area contributed by atoms with E-state index in [9.17, 15) is 0 Å². The Morgan fingerprint density at radius 1 is 0.842 bits per heavy atom. The quantitative estimate of drug-likeness (QED) is 0.740. The van der Waals surface area contributed by atoms with Crippen LogP contribution in [0.1, 0.15) is 6.42 Å². The monoisotopic (exact) mass is 294 g/mol. The molecule has 0 fully saturated rings. The standard InChI is InChI=1S/C15H16Cl2N2/c16-12-5-3-6-13(11-12)18-9-4-10-19-15-8-2-1-7-14(15)17/h1-3,5-8,11,18-19H,4,9-10H2. The molecule has 100 valence electrons. The van der Waals surface area contributed by atoms with Gasteiger partial charge >= 0.3 is 0 Å². The summed E-state index contributed by atoms with van der Waals surface area (Å²) in [5.74, 6) is 0. The lowest BCUT2D eigenvalue weighted by molar-refractivity contribution is 0.909. The summed E-state index contributed by atoms with van der Waals surface area (Å²) < 4.78 is 0. The summed E-state index contributed by atoms with van der Waals surface area (Å²) in [7, 11) is 0. The van der Waals surface area contributed by atoms with Crippen molar-refractivity contribution in [3.63, 3.8) is 0 Å². The van der Waals surface area contributed by atoms with Crippen molar-refractivity contribution in [3.05, 3.63) is 58.6 Å². The molecule has 0 heterocycles. The maximum absolute atomic E-state index is 6.06. The van der Waals surface area contributed by atoms with Crippen LogP contribution in [-0.4, -0.2) is 13.1 Å². The van der Waals surface area contributed by atoms with Crippen molar-refractivity contribution in [3.8, 4) is 0 Å². The van der Waals surface area contributed by atoms with Gasteiger partial charge in [0.05, 0.1) is 10.7 Å². The Morgan fingerprint density at radius 2 is 1.63 bits per heavy atom. The van der Waals surface area contributed by atoms with Crippen LogP contribution in [0.15, 0.2) is 48.5 Å². The van der Waals surface area contributed by atoms with Gasteiger partial charge in [-0.25, -0.2) is 0 Å². The van der Waals surface area contributed by atoms with E-state index in [2.05, 4.69) is 10.6 Å². The van der Waals surface area contributed by atoms with Crippen LogP contribution in [0.3, 0.4) is 0 Å². The summed E-state index contributed by atoms with van der Waals surface area (Å²) in [5.41, 5.74) is 2.03. The van der Waals surface area contributed by atoms with Crippen LogP contribution in [0.25, 0.3) is 0 Å². The van der Waals surface area contributed by atoms with Gasteiger partial charge in [-0.2, -0.15) is 0 Å². The topological polar surface area (TPSA) is 24.1 Å². The van der Waals surface area contributed by atoms with Gasteiger partial charge in [0.2, 0.25) is 0 Å². The van der Waals surface area contributed by atoms with E-state index in [1.165, 1.54) is 0 Å². The Labute approximate surface area is 123 Å². The molecule has 0 aliphatic heterocycles. The normalized spacial score (nSPS) is 10.2. The minimum absolute atomic E-state index is 0.749. The lowest BCUT2D eigenvalue weighted by Gasteiger charge is -2.09. The first-order chi connectivity index (χ1) is 9.25. The molecule has 0 bridgehead atoms. The van der Waals surface area contributed by atoms with Gasteiger partial charge in [-0.15, -0.1) is 0 Å². The maximum atomic E-state index is 6.06. The van der Waals surface area contributed by atoms with Crippen molar-refractivity contribution in [2.24, 2.45) is 0 Å². The number of hydrogen-bond donors (Lipinski definition) is 2. The van der Waals surface area contributed by atoms with Crippen LogP contribution in [0.5, 0.6) is 0 Å². The van der Waals surface area contributed by atoms with Crippen LogP contribution >= 0.6 is 23.2 Å². The molecular weight excluding hydrogens is 279 g/mol. The van der Waals surface area contributed by atoms with E-state index in [0.29, 0.717) is 0 Å². The second-order valence-corrected chi connectivity index (χ2v) is 5.04. The number of hydrogen-bond acceptors (Lipinski definition) is 2. The number of para-hydroxylation sites is 1. The van der Waals surface area contributed by atoms with Crippen molar-refractivity contribution in [2.75, 3.05) is 23.7 Å². The molecule has 0 radical (unpaired) electrons. The van der Waals surface area contributed by atoms with E-state index in [0.717, 1.165) is 40.9 Å². The zero-order chi connectivity index (χ0) is 13.5. The lowest BCUT2D eigenvalue weighted by atomic mass is 10.3. The fourth-order valence-electron chi connectivity index (χ4n) is 1.75. The molecule has 0 atom stereocenters. The number of rotatable bonds is 6. The summed E-state index contributed by atoms with van der Waals surface area (Å²) in [6.07, 6.45) is 0.998. The van der Waals surface area contributed by atoms with Crippen LogP contribution < -0.4 is 10.6 Å². The van der Waals surface area contributed by atoms with Gasteiger partial charge in [0.15, 0.2) is 0 Å². The molecule has 0 aliphatic carbocycles. The zero-order valence-corrected chi connectivity index (χ0v) is 12.0. The molecule has 0 unspecified atom stereocenters. The van der Waals surface area contributed by atoms with E-state index in [1.54, 1.807) is 0 Å². The molecule has 0 spiro atoms. The third kappa shape index (κ3) is 4.66. The summed E-state index contributed by atoms with van der Waals surface area (Å²) in [6.45, 7) is 1.76. The Kier molecular flexibility index (Phi) is 5.37. The third-order valence-corrected chi connectivity index (χ3v) is 3.26. The highest BCUT2D eigenvalue weighted by Crippen LogP contribution is 2.20. The molecule has 0 aliphatic rings. The zero-order valence-electron chi connectivity index (χ0n) is 10.5. The highest BCUT2D eigenvalue weighted by atomic mass is 35.5. The van der Waals surface area contributed by atoms with E-state index in [1.807, 2.05) is 48.5 Å². The van der Waals surface area contributed by atoms with Gasteiger partial charge in [-0.1, -0.05) is 41.4 Å². The van der Waals surface area contributed by atoms with Crippen LogP contribution in [0, 0.1) is 0 Å². The van der Waals surface area contributed by atoms with Gasteiger partial charge in [0, 0.05) is 23.8 Å². The predicted octanol–water partition coefficient (Wildman–Crippen LogP) is 4.91. The highest BCUT2D eigenvalue weighted by molar-refractivity contribution is 6.33. The van der Waals surface area contributed by atoms with Crippen LogP contribution in [0.2, 0.25) is 10.0 Å². The first-order valence-corrected chi connectivity index (χ1v) is 6.99. The molecule has 2 N–H and O–H groups in total. The van der Waals surface area contributed by atoms with Gasteiger partial charge in [0.1, 0.15) is 0 Å². The molecule has 19 heavy (non-hydrogen) atoms. The molecular formula is C15H16Cl2N2. The molecule has 2 aromatic carbocycles. The number of nitrogens with one attached hydrogen (secondary N) is 2. The van der Waals surface area contributed by atoms with Crippen molar-refractivity contribution in [2.45, 2.75) is 6.42 Å². The lowest BCUT2D eigenvalue weighted by Crippen LogP contribution is -2.09. The average molecular weight is 295 g/mol. The fraction of sp³-hybridized carbons (Fsp3) is 0.200. The average Bonchev–Trinajstić information content (AvgIpc) is 2.40. The number of anilines is 2. The summed E-state index contributed by atoms with van der Waals surface area (Å²) >= 11 is 12.0. The summed E-state index contributed by atoms with van der Waals surface area (Å²) in [5, 5.41) is 8.15. The summed E-state index contributed by atoms with van der Waals surface area (Å²) in [6, 6.07) is 15.5. The van der Waals surface area contributed by atoms with Gasteiger partial charge < -0.3 is 10.6 Å².